The van der Waals surface area contributed by atoms with Gasteiger partial charge in [-0.25, -0.2) is 0 Å². The van der Waals surface area contributed by atoms with Gasteiger partial charge in [0.25, 0.3) is 0 Å². The zero-order chi connectivity index (χ0) is 18.7. The van der Waals surface area contributed by atoms with Gasteiger partial charge in [-0.1, -0.05) is 23.4 Å². The molecule has 0 saturated carbocycles. The molecule has 0 aliphatic carbocycles. The number of rotatable bonds is 5. The lowest BCUT2D eigenvalue weighted by atomic mass is 10.2. The number of halogens is 1. The van der Waals surface area contributed by atoms with Gasteiger partial charge in [0.1, 0.15) is 11.1 Å². The van der Waals surface area contributed by atoms with Crippen LogP contribution < -0.4 is 5.32 Å². The predicted molar refractivity (Wildman–Crippen MR) is 104 cm³/mol. The molecule has 0 radical (unpaired) electrons. The van der Waals surface area contributed by atoms with Gasteiger partial charge in [0.2, 0.25) is 5.91 Å². The number of nitriles is 1. The minimum absolute atomic E-state index is 0.190. The molecule has 26 heavy (non-hydrogen) atoms. The molecule has 9 heteroatoms. The number of benzene rings is 1. The van der Waals surface area contributed by atoms with Gasteiger partial charge >= 0.3 is 0 Å². The Hall–Kier alpha value is -2.34. The van der Waals surface area contributed by atoms with E-state index in [0.717, 1.165) is 5.56 Å². The van der Waals surface area contributed by atoms with E-state index in [1.165, 1.54) is 23.1 Å². The number of hydrogen-bond donors (Lipinski definition) is 1. The first-order chi connectivity index (χ1) is 12.5. The molecule has 0 unspecified atom stereocenters. The molecule has 1 amide bonds. The van der Waals surface area contributed by atoms with Crippen LogP contribution in [0.5, 0.6) is 0 Å². The van der Waals surface area contributed by atoms with Crippen LogP contribution in [0.25, 0.3) is 11.4 Å². The number of amides is 1. The van der Waals surface area contributed by atoms with E-state index in [0.29, 0.717) is 26.6 Å². The third-order valence-corrected chi connectivity index (χ3v) is 5.83. The molecule has 3 aromatic rings. The highest BCUT2D eigenvalue weighted by atomic mass is 35.5. The molecule has 1 atom stereocenters. The van der Waals surface area contributed by atoms with Crippen molar-refractivity contribution in [2.75, 3.05) is 5.32 Å². The minimum Gasteiger partial charge on any atom is -0.316 e. The normalized spacial score (nSPS) is 11.8. The van der Waals surface area contributed by atoms with Gasteiger partial charge < -0.3 is 9.88 Å². The second kappa shape index (κ2) is 7.91. The summed E-state index contributed by atoms with van der Waals surface area (Å²) in [7, 11) is 1.85. The first-order valence-corrected chi connectivity index (χ1v) is 9.73. The maximum atomic E-state index is 12.4. The lowest BCUT2D eigenvalue weighted by molar-refractivity contribution is -0.115. The van der Waals surface area contributed by atoms with Crippen molar-refractivity contribution in [2.24, 2.45) is 7.05 Å². The molecule has 0 aliphatic rings. The number of anilines is 1. The molecule has 1 N–H and O–H groups in total. The third-order valence-electron chi connectivity index (χ3n) is 3.61. The molecule has 6 nitrogen and oxygen atoms in total. The molecule has 1 aromatic carbocycles. The number of hydrogen-bond acceptors (Lipinski definition) is 6. The molecule has 2 aromatic heterocycles. The molecular formula is C17H14ClN5OS2. The zero-order valence-electron chi connectivity index (χ0n) is 13.9. The van der Waals surface area contributed by atoms with Gasteiger partial charge in [-0.05, 0) is 42.6 Å². The van der Waals surface area contributed by atoms with Gasteiger partial charge in [0.15, 0.2) is 11.0 Å². The number of carbonyl (C=O) groups excluding carboxylic acids is 1. The van der Waals surface area contributed by atoms with Crippen LogP contribution >= 0.6 is 34.7 Å². The van der Waals surface area contributed by atoms with Crippen LogP contribution in [0.2, 0.25) is 5.02 Å². The molecule has 132 valence electrons. The second-order valence-corrected chi connectivity index (χ2v) is 8.06. The standard InChI is InChI=1S/C17H14ClN5OS2/c1-10(15(24)20-16-12(9-19)7-8-25-16)26-17-22-21-14(23(17)2)11-3-5-13(18)6-4-11/h3-8,10H,1-2H3,(H,20,24)/t10-/m0/s1. The van der Waals surface area contributed by atoms with Gasteiger partial charge in [-0.15, -0.1) is 21.5 Å². The summed E-state index contributed by atoms with van der Waals surface area (Å²) in [4.78, 5) is 12.4. The fraction of sp³-hybridized carbons (Fsp3) is 0.176. The molecule has 2 heterocycles. The van der Waals surface area contributed by atoms with E-state index in [-0.39, 0.29) is 5.91 Å². The summed E-state index contributed by atoms with van der Waals surface area (Å²) in [5.41, 5.74) is 1.36. The minimum atomic E-state index is -0.399. The number of carbonyl (C=O) groups is 1. The summed E-state index contributed by atoms with van der Waals surface area (Å²) in [5.74, 6) is 0.506. The maximum Gasteiger partial charge on any atom is 0.238 e. The monoisotopic (exact) mass is 403 g/mol. The van der Waals surface area contributed by atoms with E-state index >= 15 is 0 Å². The fourth-order valence-electron chi connectivity index (χ4n) is 2.19. The van der Waals surface area contributed by atoms with Crippen molar-refractivity contribution in [1.82, 2.24) is 14.8 Å². The van der Waals surface area contributed by atoms with Crippen molar-refractivity contribution in [2.45, 2.75) is 17.3 Å². The van der Waals surface area contributed by atoms with Crippen molar-refractivity contribution in [3.8, 4) is 17.5 Å². The van der Waals surface area contributed by atoms with Gasteiger partial charge in [0, 0.05) is 17.6 Å². The van der Waals surface area contributed by atoms with Crippen molar-refractivity contribution in [3.05, 3.63) is 46.3 Å². The predicted octanol–water partition coefficient (Wildman–Crippen LogP) is 4.19. The van der Waals surface area contributed by atoms with E-state index in [4.69, 9.17) is 16.9 Å². The highest BCUT2D eigenvalue weighted by Crippen LogP contribution is 2.28. The summed E-state index contributed by atoms with van der Waals surface area (Å²) < 4.78 is 1.84. The van der Waals surface area contributed by atoms with Crippen LogP contribution in [0, 0.1) is 11.3 Å². The SMILES string of the molecule is C[C@H](Sc1nnc(-c2ccc(Cl)cc2)n1C)C(=O)Nc1sccc1C#N. The largest absolute Gasteiger partial charge is 0.316 e. The summed E-state index contributed by atoms with van der Waals surface area (Å²) >= 11 is 8.55. The van der Waals surface area contributed by atoms with Crippen LogP contribution in [0.1, 0.15) is 12.5 Å². The third kappa shape index (κ3) is 3.90. The average Bonchev–Trinajstić information content (AvgIpc) is 3.22. The number of aromatic nitrogens is 3. The summed E-state index contributed by atoms with van der Waals surface area (Å²) in [6.07, 6.45) is 0. The van der Waals surface area contributed by atoms with E-state index < -0.39 is 5.25 Å². The van der Waals surface area contributed by atoms with Crippen LogP contribution in [-0.2, 0) is 11.8 Å². The van der Waals surface area contributed by atoms with Crippen LogP contribution in [0.15, 0.2) is 40.9 Å². The van der Waals surface area contributed by atoms with Crippen LogP contribution in [0.3, 0.4) is 0 Å². The summed E-state index contributed by atoms with van der Waals surface area (Å²) in [6, 6.07) is 11.1. The molecular weight excluding hydrogens is 390 g/mol. The van der Waals surface area contributed by atoms with E-state index in [9.17, 15) is 4.79 Å². The van der Waals surface area contributed by atoms with Crippen molar-refractivity contribution in [3.63, 3.8) is 0 Å². The lowest BCUT2D eigenvalue weighted by Crippen LogP contribution is -2.22. The number of thioether (sulfide) groups is 1. The Kier molecular flexibility index (Phi) is 5.61. The topological polar surface area (TPSA) is 83.6 Å². The Morgan fingerprint density at radius 2 is 2.08 bits per heavy atom. The summed E-state index contributed by atoms with van der Waals surface area (Å²) in [5, 5.41) is 23.4. The Balaban J connectivity index is 1.72. The van der Waals surface area contributed by atoms with Crippen molar-refractivity contribution >= 4 is 45.6 Å². The van der Waals surface area contributed by atoms with Crippen molar-refractivity contribution < 1.29 is 4.79 Å². The molecule has 0 aliphatic heterocycles. The first kappa shape index (κ1) is 18.5. The molecule has 0 saturated heterocycles. The zero-order valence-corrected chi connectivity index (χ0v) is 16.3. The fourth-order valence-corrected chi connectivity index (χ4v) is 3.87. The number of nitrogens with zero attached hydrogens (tertiary/aromatic N) is 4. The smallest absolute Gasteiger partial charge is 0.238 e. The highest BCUT2D eigenvalue weighted by Gasteiger charge is 2.20. The molecule has 0 fully saturated rings. The van der Waals surface area contributed by atoms with Crippen LogP contribution in [0.4, 0.5) is 5.00 Å². The van der Waals surface area contributed by atoms with Crippen LogP contribution in [-0.4, -0.2) is 25.9 Å². The van der Waals surface area contributed by atoms with E-state index in [2.05, 4.69) is 21.6 Å². The Morgan fingerprint density at radius 3 is 2.77 bits per heavy atom. The van der Waals surface area contributed by atoms with Gasteiger partial charge in [-0.3, -0.25) is 4.79 Å². The van der Waals surface area contributed by atoms with Crippen molar-refractivity contribution in [1.29, 1.82) is 5.26 Å². The number of thiophene rings is 1. The van der Waals surface area contributed by atoms with Gasteiger partial charge in [0.05, 0.1) is 10.8 Å². The average molecular weight is 404 g/mol. The summed E-state index contributed by atoms with van der Waals surface area (Å²) in [6.45, 7) is 1.79. The Bertz CT molecular complexity index is 974. The number of nitrogens with one attached hydrogen (secondary N) is 1. The van der Waals surface area contributed by atoms with Gasteiger partial charge in [-0.2, -0.15) is 5.26 Å². The highest BCUT2D eigenvalue weighted by molar-refractivity contribution is 8.00. The molecule has 3 rings (SSSR count). The quantitative estimate of drug-likeness (QED) is 0.646. The molecule has 0 bridgehead atoms. The first-order valence-electron chi connectivity index (χ1n) is 7.60. The Labute approximate surface area is 163 Å². The Morgan fingerprint density at radius 1 is 1.35 bits per heavy atom. The van der Waals surface area contributed by atoms with E-state index in [1.807, 2.05) is 23.7 Å². The van der Waals surface area contributed by atoms with E-state index in [1.54, 1.807) is 30.5 Å². The molecule has 0 spiro atoms. The maximum absolute atomic E-state index is 12.4. The lowest BCUT2D eigenvalue weighted by Gasteiger charge is -2.11. The second-order valence-electron chi connectivity index (χ2n) is 5.40.